The van der Waals surface area contributed by atoms with Crippen LogP contribution in [0.2, 0.25) is 0 Å². The second-order valence-corrected chi connectivity index (χ2v) is 6.48. The third-order valence-electron chi connectivity index (χ3n) is 4.86. The van der Waals surface area contributed by atoms with Crippen molar-refractivity contribution in [2.75, 3.05) is 19.6 Å². The third kappa shape index (κ3) is 5.24. The summed E-state index contributed by atoms with van der Waals surface area (Å²) in [6, 6.07) is 9.55. The lowest BCUT2D eigenvalue weighted by molar-refractivity contribution is 0.152. The molecule has 1 aliphatic heterocycles. The molecule has 0 saturated carbocycles. The molecule has 1 aromatic carbocycles. The van der Waals surface area contributed by atoms with Crippen molar-refractivity contribution >= 4 is 5.96 Å². The van der Waals surface area contributed by atoms with Gasteiger partial charge in [0.2, 0.25) is 0 Å². The van der Waals surface area contributed by atoms with E-state index in [1.54, 1.807) is 0 Å². The summed E-state index contributed by atoms with van der Waals surface area (Å²) in [5, 5.41) is 0. The zero-order valence-corrected chi connectivity index (χ0v) is 15.0. The van der Waals surface area contributed by atoms with Crippen LogP contribution in [0.5, 0.6) is 0 Å². The molecule has 1 aromatic rings. The Balaban J connectivity index is 1.90. The highest BCUT2D eigenvalue weighted by Gasteiger charge is 2.17. The summed E-state index contributed by atoms with van der Waals surface area (Å²) in [5.74, 6) is 0.640. The van der Waals surface area contributed by atoms with E-state index in [2.05, 4.69) is 59.8 Å². The molecule has 1 saturated heterocycles. The molecule has 2 N–H and O–H groups in total. The topological polar surface area (TPSA) is 44.9 Å². The quantitative estimate of drug-likeness (QED) is 0.647. The van der Waals surface area contributed by atoms with Crippen molar-refractivity contribution in [3.05, 3.63) is 35.4 Å². The molecule has 1 aliphatic rings. The molecular weight excluding hydrogens is 284 g/mol. The van der Waals surface area contributed by atoms with Crippen LogP contribution >= 0.6 is 0 Å². The van der Waals surface area contributed by atoms with Crippen LogP contribution in [-0.4, -0.2) is 41.4 Å². The molecule has 0 bridgehead atoms. The first-order chi connectivity index (χ1) is 11.1. The molecule has 1 heterocycles. The van der Waals surface area contributed by atoms with Crippen molar-refractivity contribution in [2.45, 2.75) is 59.2 Å². The minimum absolute atomic E-state index is 0.640. The van der Waals surface area contributed by atoms with Gasteiger partial charge >= 0.3 is 0 Å². The van der Waals surface area contributed by atoms with Crippen LogP contribution in [-0.2, 0) is 13.1 Å². The van der Waals surface area contributed by atoms with Gasteiger partial charge in [-0.05, 0) is 51.3 Å². The molecule has 23 heavy (non-hydrogen) atoms. The van der Waals surface area contributed by atoms with Crippen molar-refractivity contribution in [3.8, 4) is 0 Å². The van der Waals surface area contributed by atoms with Crippen molar-refractivity contribution in [1.29, 1.82) is 0 Å². The zero-order chi connectivity index (χ0) is 16.7. The number of nitrogens with two attached hydrogens (primary N) is 1. The second-order valence-electron chi connectivity index (χ2n) is 6.48. The van der Waals surface area contributed by atoms with E-state index in [-0.39, 0.29) is 0 Å². The average molecular weight is 316 g/mol. The molecule has 128 valence electrons. The Morgan fingerprint density at radius 1 is 1.17 bits per heavy atom. The minimum atomic E-state index is 0.640. The fraction of sp³-hybridized carbons (Fsp3) is 0.632. The smallest absolute Gasteiger partial charge is 0.191 e. The van der Waals surface area contributed by atoms with Crippen LogP contribution in [0.3, 0.4) is 0 Å². The lowest BCUT2D eigenvalue weighted by Crippen LogP contribution is -2.37. The third-order valence-corrected chi connectivity index (χ3v) is 4.86. The number of rotatable bonds is 6. The first-order valence-electron chi connectivity index (χ1n) is 9.00. The fourth-order valence-electron chi connectivity index (χ4n) is 3.20. The number of nitrogens with zero attached hydrogens (tertiary/aromatic N) is 3. The predicted octanol–water partition coefficient (Wildman–Crippen LogP) is 3.22. The molecule has 2 rings (SSSR count). The Bertz CT molecular complexity index is 491. The van der Waals surface area contributed by atoms with Crippen molar-refractivity contribution in [3.63, 3.8) is 0 Å². The van der Waals surface area contributed by atoms with Gasteiger partial charge in [0.15, 0.2) is 5.96 Å². The van der Waals surface area contributed by atoms with Crippen molar-refractivity contribution in [2.24, 2.45) is 10.7 Å². The Labute approximate surface area is 141 Å². The number of likely N-dealkylation sites (tertiary alicyclic amines) is 1. The molecule has 4 nitrogen and oxygen atoms in total. The molecule has 1 atom stereocenters. The van der Waals surface area contributed by atoms with Crippen LogP contribution < -0.4 is 5.73 Å². The van der Waals surface area contributed by atoms with Gasteiger partial charge < -0.3 is 10.6 Å². The number of guanidine groups is 1. The first kappa shape index (κ1) is 17.8. The normalized spacial score (nSPS) is 19.8. The van der Waals surface area contributed by atoms with Crippen LogP contribution in [0.4, 0.5) is 0 Å². The second kappa shape index (κ2) is 8.92. The molecule has 1 fully saturated rings. The lowest BCUT2D eigenvalue weighted by atomic mass is 10.0. The van der Waals surface area contributed by atoms with Gasteiger partial charge in [-0.1, -0.05) is 30.7 Å². The molecule has 0 amide bonds. The van der Waals surface area contributed by atoms with Crippen LogP contribution in [0.15, 0.2) is 29.3 Å². The maximum Gasteiger partial charge on any atom is 0.191 e. The van der Waals surface area contributed by atoms with E-state index < -0.39 is 0 Å². The Hall–Kier alpha value is -1.55. The van der Waals surface area contributed by atoms with E-state index in [4.69, 9.17) is 5.73 Å². The number of benzene rings is 1. The molecule has 0 aromatic heterocycles. The van der Waals surface area contributed by atoms with Crippen molar-refractivity contribution < 1.29 is 0 Å². The highest BCUT2D eigenvalue weighted by atomic mass is 15.2. The number of hydrogen-bond acceptors (Lipinski definition) is 2. The molecule has 0 aliphatic carbocycles. The summed E-state index contributed by atoms with van der Waals surface area (Å²) in [6.45, 7) is 11.3. The van der Waals surface area contributed by atoms with Gasteiger partial charge in [-0.15, -0.1) is 0 Å². The standard InChI is InChI=1S/C19H32N4/c1-4-22(5-2)19(20)21-14-17-9-11-18(12-10-17)15-23-13-7-6-8-16(23)3/h9-12,16H,4-8,13-15H2,1-3H3,(H2,20,21). The van der Waals surface area contributed by atoms with Crippen LogP contribution in [0.25, 0.3) is 0 Å². The minimum Gasteiger partial charge on any atom is -0.370 e. The summed E-state index contributed by atoms with van der Waals surface area (Å²) in [5.41, 5.74) is 8.63. The molecular formula is C19H32N4. The average Bonchev–Trinajstić information content (AvgIpc) is 2.57. The zero-order valence-electron chi connectivity index (χ0n) is 15.0. The summed E-state index contributed by atoms with van der Waals surface area (Å²) in [6.07, 6.45) is 4.04. The lowest BCUT2D eigenvalue weighted by Gasteiger charge is -2.33. The maximum atomic E-state index is 6.02. The molecule has 0 radical (unpaired) electrons. The Morgan fingerprint density at radius 2 is 1.83 bits per heavy atom. The Morgan fingerprint density at radius 3 is 2.43 bits per heavy atom. The fourth-order valence-corrected chi connectivity index (χ4v) is 3.20. The first-order valence-corrected chi connectivity index (χ1v) is 9.00. The number of hydrogen-bond donors (Lipinski definition) is 1. The van der Waals surface area contributed by atoms with Gasteiger partial charge in [0.1, 0.15) is 0 Å². The van der Waals surface area contributed by atoms with Gasteiger partial charge in [-0.2, -0.15) is 0 Å². The van der Waals surface area contributed by atoms with E-state index >= 15 is 0 Å². The highest BCUT2D eigenvalue weighted by Crippen LogP contribution is 2.19. The molecule has 1 unspecified atom stereocenters. The van der Waals surface area contributed by atoms with Crippen molar-refractivity contribution in [1.82, 2.24) is 9.80 Å². The highest BCUT2D eigenvalue weighted by molar-refractivity contribution is 5.77. The monoisotopic (exact) mass is 316 g/mol. The largest absolute Gasteiger partial charge is 0.370 e. The van der Waals surface area contributed by atoms with E-state index in [0.717, 1.165) is 19.6 Å². The summed E-state index contributed by atoms with van der Waals surface area (Å²) in [4.78, 5) is 9.17. The van der Waals surface area contributed by atoms with Gasteiger partial charge in [0.25, 0.3) is 0 Å². The van der Waals surface area contributed by atoms with E-state index in [0.29, 0.717) is 18.5 Å². The van der Waals surface area contributed by atoms with Gasteiger partial charge in [0, 0.05) is 25.7 Å². The Kier molecular flexibility index (Phi) is 6.90. The van der Waals surface area contributed by atoms with Crippen LogP contribution in [0.1, 0.15) is 51.2 Å². The summed E-state index contributed by atoms with van der Waals surface area (Å²) >= 11 is 0. The van der Waals surface area contributed by atoms with Crippen LogP contribution in [0, 0.1) is 0 Å². The van der Waals surface area contributed by atoms with E-state index in [9.17, 15) is 0 Å². The summed E-state index contributed by atoms with van der Waals surface area (Å²) in [7, 11) is 0. The summed E-state index contributed by atoms with van der Waals surface area (Å²) < 4.78 is 0. The molecule has 0 spiro atoms. The number of aliphatic imine (C=N–C) groups is 1. The van der Waals surface area contributed by atoms with Gasteiger partial charge in [0.05, 0.1) is 6.54 Å². The predicted molar refractivity (Wildman–Crippen MR) is 98.4 cm³/mol. The SMILES string of the molecule is CCN(CC)C(N)=NCc1ccc(CN2CCCCC2C)cc1. The van der Waals surface area contributed by atoms with E-state index in [1.807, 2.05) is 0 Å². The molecule has 4 heteroatoms. The maximum absolute atomic E-state index is 6.02. The van der Waals surface area contributed by atoms with E-state index in [1.165, 1.54) is 36.9 Å². The van der Waals surface area contributed by atoms with Gasteiger partial charge in [-0.3, -0.25) is 4.90 Å². The van der Waals surface area contributed by atoms with Gasteiger partial charge in [-0.25, -0.2) is 4.99 Å². The number of piperidine rings is 1.